The Morgan fingerprint density at radius 3 is 2.79 bits per heavy atom. The van der Waals surface area contributed by atoms with Gasteiger partial charge in [-0.1, -0.05) is 17.7 Å². The van der Waals surface area contributed by atoms with E-state index in [0.717, 1.165) is 16.9 Å². The lowest BCUT2D eigenvalue weighted by Crippen LogP contribution is -1.95. The highest BCUT2D eigenvalue weighted by atomic mass is 16.3. The molecule has 19 heavy (non-hydrogen) atoms. The topological polar surface area (TPSA) is 50.4 Å². The second-order valence-corrected chi connectivity index (χ2v) is 4.73. The Kier molecular flexibility index (Phi) is 2.80. The Morgan fingerprint density at radius 1 is 1.16 bits per heavy atom. The molecular formula is C15H15N3O. The summed E-state index contributed by atoms with van der Waals surface area (Å²) >= 11 is 0. The van der Waals surface area contributed by atoms with Crippen LogP contribution < -0.4 is 0 Å². The van der Waals surface area contributed by atoms with E-state index in [1.165, 1.54) is 11.1 Å². The average molecular weight is 253 g/mol. The normalized spacial score (nSPS) is 11.1. The van der Waals surface area contributed by atoms with Crippen molar-refractivity contribution < 1.29 is 5.11 Å². The molecule has 0 aliphatic carbocycles. The number of nitrogens with zero attached hydrogens (tertiary/aromatic N) is 3. The van der Waals surface area contributed by atoms with E-state index in [0.29, 0.717) is 5.69 Å². The van der Waals surface area contributed by atoms with E-state index in [1.54, 1.807) is 10.7 Å². The molecule has 3 aromatic rings. The third-order valence-electron chi connectivity index (χ3n) is 3.20. The number of hydrogen-bond acceptors (Lipinski definition) is 3. The van der Waals surface area contributed by atoms with Crippen LogP contribution >= 0.6 is 0 Å². The summed E-state index contributed by atoms with van der Waals surface area (Å²) in [6, 6.07) is 10.2. The molecule has 0 amide bonds. The van der Waals surface area contributed by atoms with Crippen LogP contribution in [0.3, 0.4) is 0 Å². The van der Waals surface area contributed by atoms with E-state index in [9.17, 15) is 0 Å². The van der Waals surface area contributed by atoms with Crippen molar-refractivity contribution in [3.63, 3.8) is 0 Å². The van der Waals surface area contributed by atoms with Crippen molar-refractivity contribution >= 4 is 5.65 Å². The van der Waals surface area contributed by atoms with Gasteiger partial charge in [-0.15, -0.1) is 0 Å². The molecule has 4 nitrogen and oxygen atoms in total. The largest absolute Gasteiger partial charge is 0.390 e. The van der Waals surface area contributed by atoms with Crippen molar-refractivity contribution in [3.05, 3.63) is 53.3 Å². The first-order valence-corrected chi connectivity index (χ1v) is 6.21. The SMILES string of the molecule is Cc1ccc(C)c(-c2ccc3nc(CO)cn3n2)c1. The second kappa shape index (κ2) is 4.48. The van der Waals surface area contributed by atoms with Gasteiger partial charge in [0.05, 0.1) is 24.2 Å². The number of aliphatic hydroxyl groups is 1. The predicted octanol–water partition coefficient (Wildman–Crippen LogP) is 2.51. The monoisotopic (exact) mass is 253 g/mol. The van der Waals surface area contributed by atoms with Crippen LogP contribution in [0.4, 0.5) is 0 Å². The second-order valence-electron chi connectivity index (χ2n) is 4.73. The molecule has 0 saturated heterocycles. The minimum absolute atomic E-state index is 0.0673. The van der Waals surface area contributed by atoms with Crippen molar-refractivity contribution in [1.82, 2.24) is 14.6 Å². The van der Waals surface area contributed by atoms with Gasteiger partial charge in [0.1, 0.15) is 0 Å². The minimum Gasteiger partial charge on any atom is -0.390 e. The smallest absolute Gasteiger partial charge is 0.153 e. The summed E-state index contributed by atoms with van der Waals surface area (Å²) in [6.07, 6.45) is 1.75. The maximum absolute atomic E-state index is 9.10. The van der Waals surface area contributed by atoms with Gasteiger partial charge in [0.2, 0.25) is 0 Å². The summed E-state index contributed by atoms with van der Waals surface area (Å²) in [4.78, 5) is 4.26. The van der Waals surface area contributed by atoms with Gasteiger partial charge in [0.15, 0.2) is 5.65 Å². The summed E-state index contributed by atoms with van der Waals surface area (Å²) in [5.41, 5.74) is 5.82. The van der Waals surface area contributed by atoms with Gasteiger partial charge in [0.25, 0.3) is 0 Å². The molecule has 0 aliphatic rings. The molecule has 1 N–H and O–H groups in total. The van der Waals surface area contributed by atoms with E-state index >= 15 is 0 Å². The van der Waals surface area contributed by atoms with Crippen molar-refractivity contribution in [1.29, 1.82) is 0 Å². The molecule has 0 aliphatic heterocycles. The van der Waals surface area contributed by atoms with Crippen LogP contribution in [0.1, 0.15) is 16.8 Å². The molecule has 2 aromatic heterocycles. The fourth-order valence-electron chi connectivity index (χ4n) is 2.16. The maximum atomic E-state index is 9.10. The molecule has 0 bridgehead atoms. The Labute approximate surface area is 111 Å². The van der Waals surface area contributed by atoms with Crippen LogP contribution in [-0.2, 0) is 6.61 Å². The van der Waals surface area contributed by atoms with Crippen LogP contribution in [0.25, 0.3) is 16.9 Å². The molecule has 4 heteroatoms. The predicted molar refractivity (Wildman–Crippen MR) is 73.8 cm³/mol. The van der Waals surface area contributed by atoms with Gasteiger partial charge in [-0.05, 0) is 37.6 Å². The standard InChI is InChI=1S/C15H15N3O/c1-10-3-4-11(2)13(7-10)14-5-6-15-16-12(9-19)8-18(15)17-14/h3-8,19H,9H2,1-2H3. The van der Waals surface area contributed by atoms with E-state index in [1.807, 2.05) is 12.1 Å². The van der Waals surface area contributed by atoms with Gasteiger partial charge in [-0.2, -0.15) is 5.10 Å². The molecule has 1 aromatic carbocycles. The first kappa shape index (κ1) is 11.9. The van der Waals surface area contributed by atoms with E-state index in [-0.39, 0.29) is 6.61 Å². The molecule has 2 heterocycles. The molecular weight excluding hydrogens is 238 g/mol. The Bertz CT molecular complexity index is 746. The molecule has 96 valence electrons. The number of hydrogen-bond donors (Lipinski definition) is 1. The summed E-state index contributed by atoms with van der Waals surface area (Å²) < 4.78 is 1.71. The summed E-state index contributed by atoms with van der Waals surface area (Å²) in [5.74, 6) is 0. The lowest BCUT2D eigenvalue weighted by molar-refractivity contribution is 0.277. The zero-order valence-electron chi connectivity index (χ0n) is 11.0. The minimum atomic E-state index is -0.0673. The fourth-order valence-corrected chi connectivity index (χ4v) is 2.16. The summed E-state index contributed by atoms with van der Waals surface area (Å²) in [6.45, 7) is 4.08. The van der Waals surface area contributed by atoms with Crippen LogP contribution in [0.15, 0.2) is 36.5 Å². The highest BCUT2D eigenvalue weighted by molar-refractivity contribution is 5.65. The fraction of sp³-hybridized carbons (Fsp3) is 0.200. The molecule has 0 saturated carbocycles. The Morgan fingerprint density at radius 2 is 2.00 bits per heavy atom. The first-order chi connectivity index (χ1) is 9.17. The van der Waals surface area contributed by atoms with Crippen molar-refractivity contribution in [2.45, 2.75) is 20.5 Å². The van der Waals surface area contributed by atoms with Crippen molar-refractivity contribution in [3.8, 4) is 11.3 Å². The van der Waals surface area contributed by atoms with E-state index in [4.69, 9.17) is 5.11 Å². The van der Waals surface area contributed by atoms with E-state index < -0.39 is 0 Å². The highest BCUT2D eigenvalue weighted by Gasteiger charge is 2.07. The summed E-state index contributed by atoms with van der Waals surface area (Å²) in [7, 11) is 0. The Hall–Kier alpha value is -2.20. The van der Waals surface area contributed by atoms with Gasteiger partial charge in [-0.25, -0.2) is 9.50 Å². The lowest BCUT2D eigenvalue weighted by atomic mass is 10.0. The lowest BCUT2D eigenvalue weighted by Gasteiger charge is -2.06. The zero-order chi connectivity index (χ0) is 13.4. The quantitative estimate of drug-likeness (QED) is 0.763. The maximum Gasteiger partial charge on any atom is 0.153 e. The van der Waals surface area contributed by atoms with E-state index in [2.05, 4.69) is 42.1 Å². The zero-order valence-corrected chi connectivity index (χ0v) is 11.0. The van der Waals surface area contributed by atoms with Crippen LogP contribution in [-0.4, -0.2) is 19.7 Å². The molecule has 0 unspecified atom stereocenters. The van der Waals surface area contributed by atoms with Crippen LogP contribution in [0, 0.1) is 13.8 Å². The molecule has 0 spiro atoms. The first-order valence-electron chi connectivity index (χ1n) is 6.21. The number of benzene rings is 1. The highest BCUT2D eigenvalue weighted by Crippen LogP contribution is 2.22. The van der Waals surface area contributed by atoms with Crippen LogP contribution in [0.5, 0.6) is 0 Å². The third-order valence-corrected chi connectivity index (χ3v) is 3.20. The molecule has 0 fully saturated rings. The number of fused-ring (bicyclic) bond motifs is 1. The average Bonchev–Trinajstić information content (AvgIpc) is 2.83. The van der Waals surface area contributed by atoms with Gasteiger partial charge in [0, 0.05) is 5.56 Å². The van der Waals surface area contributed by atoms with Crippen LogP contribution in [0.2, 0.25) is 0 Å². The molecule has 3 rings (SSSR count). The molecule has 0 radical (unpaired) electrons. The van der Waals surface area contributed by atoms with Crippen molar-refractivity contribution in [2.24, 2.45) is 0 Å². The number of aliphatic hydroxyl groups excluding tert-OH is 1. The molecule has 0 atom stereocenters. The van der Waals surface area contributed by atoms with Crippen molar-refractivity contribution in [2.75, 3.05) is 0 Å². The number of rotatable bonds is 2. The Balaban J connectivity index is 2.16. The number of aryl methyl sites for hydroxylation is 2. The number of imidazole rings is 1. The summed E-state index contributed by atoms with van der Waals surface area (Å²) in [5, 5.41) is 13.7. The third kappa shape index (κ3) is 2.11. The van der Waals surface area contributed by atoms with Gasteiger partial charge >= 0.3 is 0 Å². The van der Waals surface area contributed by atoms with Gasteiger partial charge < -0.3 is 5.11 Å². The number of aromatic nitrogens is 3. The van der Waals surface area contributed by atoms with Gasteiger partial charge in [-0.3, -0.25) is 0 Å².